The molecular formula is C22H22N2O7S. The molecular weight excluding hydrogens is 436 g/mol. The monoisotopic (exact) mass is 458 g/mol. The van der Waals surface area contributed by atoms with E-state index in [4.69, 9.17) is 9.47 Å². The summed E-state index contributed by atoms with van der Waals surface area (Å²) in [7, 11) is -3.78. The molecule has 0 N–H and O–H groups in total. The quantitative estimate of drug-likeness (QED) is 0.476. The number of amides is 2. The summed E-state index contributed by atoms with van der Waals surface area (Å²) in [6.45, 7) is 2.49. The molecule has 9 nitrogen and oxygen atoms in total. The molecule has 168 valence electrons. The molecule has 2 aliphatic heterocycles. The van der Waals surface area contributed by atoms with Gasteiger partial charge >= 0.3 is 5.97 Å². The molecule has 0 spiro atoms. The maximum Gasteiger partial charge on any atom is 0.338 e. The van der Waals surface area contributed by atoms with E-state index in [0.717, 1.165) is 4.90 Å². The van der Waals surface area contributed by atoms with Gasteiger partial charge in [-0.3, -0.25) is 14.5 Å². The SMILES string of the molecule is Cc1ccc(C(=O)OCCN2C(=O)c3ccccc3C2=O)cc1S(=O)(=O)N1CCOCC1. The first-order chi connectivity index (χ1) is 15.3. The van der Waals surface area contributed by atoms with Gasteiger partial charge in [-0.05, 0) is 36.8 Å². The Bertz CT molecular complexity index is 1150. The second kappa shape index (κ2) is 8.81. The van der Waals surface area contributed by atoms with Gasteiger partial charge in [0, 0.05) is 13.1 Å². The maximum atomic E-state index is 13.0. The van der Waals surface area contributed by atoms with Crippen molar-refractivity contribution in [1.82, 2.24) is 9.21 Å². The Hall–Kier alpha value is -3.08. The summed E-state index contributed by atoms with van der Waals surface area (Å²) >= 11 is 0. The zero-order chi connectivity index (χ0) is 22.9. The van der Waals surface area contributed by atoms with Gasteiger partial charge < -0.3 is 9.47 Å². The van der Waals surface area contributed by atoms with Crippen molar-refractivity contribution >= 4 is 27.8 Å². The van der Waals surface area contributed by atoms with Crippen LogP contribution in [-0.4, -0.2) is 74.9 Å². The predicted octanol–water partition coefficient (Wildman–Crippen LogP) is 1.47. The molecule has 0 unspecified atom stereocenters. The van der Waals surface area contributed by atoms with Crippen LogP contribution in [0, 0.1) is 6.92 Å². The number of rotatable bonds is 6. The van der Waals surface area contributed by atoms with E-state index in [1.807, 2.05) is 0 Å². The lowest BCUT2D eigenvalue weighted by Gasteiger charge is -2.26. The van der Waals surface area contributed by atoms with Gasteiger partial charge in [-0.1, -0.05) is 18.2 Å². The molecule has 0 aliphatic carbocycles. The van der Waals surface area contributed by atoms with Crippen LogP contribution in [0.25, 0.3) is 0 Å². The van der Waals surface area contributed by atoms with Crippen LogP contribution in [-0.2, 0) is 19.5 Å². The first kappa shape index (κ1) is 22.1. The number of hydrogen-bond donors (Lipinski definition) is 0. The normalized spacial score (nSPS) is 16.8. The van der Waals surface area contributed by atoms with Gasteiger partial charge in [-0.15, -0.1) is 0 Å². The van der Waals surface area contributed by atoms with E-state index in [0.29, 0.717) is 29.9 Å². The average molecular weight is 458 g/mol. The summed E-state index contributed by atoms with van der Waals surface area (Å²) in [5, 5.41) is 0. The molecule has 2 heterocycles. The summed E-state index contributed by atoms with van der Waals surface area (Å²) in [5.74, 6) is -1.60. The molecule has 0 bridgehead atoms. The number of fused-ring (bicyclic) bond motifs is 1. The Kier molecular flexibility index (Phi) is 6.09. The van der Waals surface area contributed by atoms with E-state index in [1.165, 1.54) is 16.4 Å². The smallest absolute Gasteiger partial charge is 0.338 e. The number of aryl methyl sites for hydroxylation is 1. The molecule has 2 aromatic carbocycles. The van der Waals surface area contributed by atoms with E-state index < -0.39 is 27.8 Å². The summed E-state index contributed by atoms with van der Waals surface area (Å²) in [6, 6.07) is 10.8. The van der Waals surface area contributed by atoms with Crippen LogP contribution in [0.5, 0.6) is 0 Å². The number of ether oxygens (including phenoxy) is 2. The number of nitrogens with zero attached hydrogens (tertiary/aromatic N) is 2. The lowest BCUT2D eigenvalue weighted by molar-refractivity contribution is 0.0420. The summed E-state index contributed by atoms with van der Waals surface area (Å²) in [6.07, 6.45) is 0. The van der Waals surface area contributed by atoms with Gasteiger partial charge in [0.2, 0.25) is 10.0 Å². The Morgan fingerprint density at radius 3 is 2.28 bits per heavy atom. The molecule has 32 heavy (non-hydrogen) atoms. The molecule has 0 saturated carbocycles. The van der Waals surface area contributed by atoms with Crippen molar-refractivity contribution in [2.24, 2.45) is 0 Å². The highest BCUT2D eigenvalue weighted by atomic mass is 32.2. The fraction of sp³-hybridized carbons (Fsp3) is 0.318. The second-order valence-electron chi connectivity index (χ2n) is 7.44. The van der Waals surface area contributed by atoms with Crippen molar-refractivity contribution in [2.45, 2.75) is 11.8 Å². The Morgan fingerprint density at radius 2 is 1.66 bits per heavy atom. The molecule has 0 atom stereocenters. The first-order valence-corrected chi connectivity index (χ1v) is 11.6. The highest BCUT2D eigenvalue weighted by molar-refractivity contribution is 7.89. The predicted molar refractivity (Wildman–Crippen MR) is 113 cm³/mol. The van der Waals surface area contributed by atoms with Gasteiger partial charge in [-0.2, -0.15) is 4.31 Å². The zero-order valence-corrected chi connectivity index (χ0v) is 18.3. The average Bonchev–Trinajstić information content (AvgIpc) is 3.05. The fourth-order valence-electron chi connectivity index (χ4n) is 3.69. The van der Waals surface area contributed by atoms with Crippen molar-refractivity contribution < 1.29 is 32.3 Å². The molecule has 2 aromatic rings. The van der Waals surface area contributed by atoms with Crippen LogP contribution in [0.3, 0.4) is 0 Å². The molecule has 0 radical (unpaired) electrons. The number of benzene rings is 2. The van der Waals surface area contributed by atoms with Crippen molar-refractivity contribution in [3.63, 3.8) is 0 Å². The van der Waals surface area contributed by atoms with Gasteiger partial charge in [0.05, 0.1) is 41.3 Å². The van der Waals surface area contributed by atoms with E-state index in [1.54, 1.807) is 37.3 Å². The Labute approximate surface area is 185 Å². The minimum absolute atomic E-state index is 0.0363. The van der Waals surface area contributed by atoms with E-state index >= 15 is 0 Å². The first-order valence-electron chi connectivity index (χ1n) is 10.1. The number of sulfonamides is 1. The van der Waals surface area contributed by atoms with Crippen molar-refractivity contribution in [2.75, 3.05) is 39.5 Å². The second-order valence-corrected chi connectivity index (χ2v) is 9.35. The summed E-state index contributed by atoms with van der Waals surface area (Å²) in [5.41, 5.74) is 1.23. The lowest BCUT2D eigenvalue weighted by atomic mass is 10.1. The Morgan fingerprint density at radius 1 is 1.03 bits per heavy atom. The minimum Gasteiger partial charge on any atom is -0.460 e. The van der Waals surface area contributed by atoms with Crippen molar-refractivity contribution in [1.29, 1.82) is 0 Å². The molecule has 2 amide bonds. The molecule has 4 rings (SSSR count). The number of esters is 1. The molecule has 1 fully saturated rings. The fourth-order valence-corrected chi connectivity index (χ4v) is 5.34. The number of carbonyl (C=O) groups excluding carboxylic acids is 3. The lowest BCUT2D eigenvalue weighted by Crippen LogP contribution is -2.40. The van der Waals surface area contributed by atoms with Crippen LogP contribution in [0.2, 0.25) is 0 Å². The molecule has 1 saturated heterocycles. The van der Waals surface area contributed by atoms with Crippen LogP contribution < -0.4 is 0 Å². The third-order valence-corrected chi connectivity index (χ3v) is 7.48. The van der Waals surface area contributed by atoms with E-state index in [2.05, 4.69) is 0 Å². The van der Waals surface area contributed by atoms with Gasteiger partial charge in [0.1, 0.15) is 6.61 Å². The summed E-state index contributed by atoms with van der Waals surface area (Å²) < 4.78 is 37.7. The number of hydrogen-bond acceptors (Lipinski definition) is 7. The molecule has 2 aliphatic rings. The number of carbonyl (C=O) groups is 3. The van der Waals surface area contributed by atoms with Crippen LogP contribution in [0.1, 0.15) is 36.6 Å². The number of imide groups is 1. The van der Waals surface area contributed by atoms with Crippen LogP contribution >= 0.6 is 0 Å². The van der Waals surface area contributed by atoms with E-state index in [-0.39, 0.29) is 36.7 Å². The summed E-state index contributed by atoms with van der Waals surface area (Å²) in [4.78, 5) is 38.4. The van der Waals surface area contributed by atoms with E-state index in [9.17, 15) is 22.8 Å². The van der Waals surface area contributed by atoms with Crippen molar-refractivity contribution in [3.05, 3.63) is 64.7 Å². The standard InChI is InChI=1S/C22H22N2O7S/c1-15-6-7-16(14-19(15)32(28,29)23-8-11-30-12-9-23)22(27)31-13-10-24-20(25)17-4-2-3-5-18(17)21(24)26/h2-7,14H,8-13H2,1H3. The molecule has 0 aromatic heterocycles. The van der Waals surface area contributed by atoms with Gasteiger partial charge in [0.15, 0.2) is 0 Å². The van der Waals surface area contributed by atoms with Gasteiger partial charge in [0.25, 0.3) is 11.8 Å². The Balaban J connectivity index is 1.43. The van der Waals surface area contributed by atoms with Crippen LogP contribution in [0.4, 0.5) is 0 Å². The zero-order valence-electron chi connectivity index (χ0n) is 17.4. The van der Waals surface area contributed by atoms with Crippen LogP contribution in [0.15, 0.2) is 47.4 Å². The topological polar surface area (TPSA) is 110 Å². The minimum atomic E-state index is -3.78. The third kappa shape index (κ3) is 4.04. The number of morpholine rings is 1. The van der Waals surface area contributed by atoms with Gasteiger partial charge in [-0.25, -0.2) is 13.2 Å². The largest absolute Gasteiger partial charge is 0.460 e. The highest BCUT2D eigenvalue weighted by Crippen LogP contribution is 2.24. The highest BCUT2D eigenvalue weighted by Gasteiger charge is 2.35. The maximum absolute atomic E-state index is 13.0. The third-order valence-electron chi connectivity index (χ3n) is 5.44. The van der Waals surface area contributed by atoms with Crippen molar-refractivity contribution in [3.8, 4) is 0 Å². The molecule has 10 heteroatoms.